The molecule has 0 bridgehead atoms. The maximum absolute atomic E-state index is 12.6. The van der Waals surface area contributed by atoms with Gasteiger partial charge in [0.15, 0.2) is 5.57 Å². The zero-order chi connectivity index (χ0) is 16.7. The van der Waals surface area contributed by atoms with Gasteiger partial charge in [0.25, 0.3) is 5.56 Å². The van der Waals surface area contributed by atoms with E-state index in [4.69, 9.17) is 15.3 Å². The van der Waals surface area contributed by atoms with E-state index in [1.54, 1.807) is 13.2 Å². The molecule has 6 heteroatoms. The first-order valence-corrected chi connectivity index (χ1v) is 7.82. The number of nitrogens with zero attached hydrogens (tertiary/aromatic N) is 3. The topological polar surface area (TPSA) is 78.8 Å². The number of rotatable bonds is 5. The van der Waals surface area contributed by atoms with Crippen molar-refractivity contribution in [1.82, 2.24) is 4.57 Å². The third-order valence-corrected chi connectivity index (χ3v) is 4.30. The average molecular weight is 325 g/mol. The van der Waals surface area contributed by atoms with E-state index in [2.05, 4.69) is 0 Å². The normalized spacial score (nSPS) is 11.0. The first kappa shape index (κ1) is 16.7. The molecule has 0 N–H and O–H groups in total. The van der Waals surface area contributed by atoms with Crippen molar-refractivity contribution in [3.63, 3.8) is 0 Å². The number of ether oxygens (including phenoxy) is 1. The summed E-state index contributed by atoms with van der Waals surface area (Å²) in [6, 6.07) is 13.2. The second kappa shape index (κ2) is 8.09. The van der Waals surface area contributed by atoms with Gasteiger partial charge in [0.05, 0.1) is 4.53 Å². The number of nitriles is 2. The third kappa shape index (κ3) is 3.95. The fourth-order valence-electron chi connectivity index (χ4n) is 2.10. The van der Waals surface area contributed by atoms with Gasteiger partial charge in [-0.1, -0.05) is 30.3 Å². The van der Waals surface area contributed by atoms with Crippen LogP contribution in [0.4, 0.5) is 0 Å². The van der Waals surface area contributed by atoms with Crippen LogP contribution >= 0.6 is 11.3 Å². The molecule has 0 aliphatic rings. The number of aromatic nitrogens is 1. The molecule has 1 aromatic carbocycles. The molecule has 2 rings (SSSR count). The SMILES string of the molecule is COCCCn1c(=C(C#N)C#N)sc(=Cc2ccccc2)c1=O. The summed E-state index contributed by atoms with van der Waals surface area (Å²) >= 11 is 1.17. The van der Waals surface area contributed by atoms with Crippen LogP contribution in [0.15, 0.2) is 35.1 Å². The molecule has 0 saturated carbocycles. The molecular weight excluding hydrogens is 310 g/mol. The van der Waals surface area contributed by atoms with Gasteiger partial charge >= 0.3 is 0 Å². The van der Waals surface area contributed by atoms with Crippen molar-refractivity contribution in [1.29, 1.82) is 10.5 Å². The second-order valence-corrected chi connectivity index (χ2v) is 5.76. The number of hydrogen-bond acceptors (Lipinski definition) is 5. The van der Waals surface area contributed by atoms with Crippen molar-refractivity contribution in [2.75, 3.05) is 13.7 Å². The molecule has 5 nitrogen and oxygen atoms in total. The zero-order valence-electron chi connectivity index (χ0n) is 12.7. The van der Waals surface area contributed by atoms with E-state index >= 15 is 0 Å². The molecule has 0 aliphatic carbocycles. The summed E-state index contributed by atoms with van der Waals surface area (Å²) in [6.07, 6.45) is 2.41. The summed E-state index contributed by atoms with van der Waals surface area (Å²) in [7, 11) is 1.59. The van der Waals surface area contributed by atoms with Crippen molar-refractivity contribution in [3.05, 3.63) is 55.4 Å². The maximum atomic E-state index is 12.6. The minimum absolute atomic E-state index is 0.0442. The van der Waals surface area contributed by atoms with E-state index in [9.17, 15) is 4.79 Å². The summed E-state index contributed by atoms with van der Waals surface area (Å²) in [6.45, 7) is 0.919. The molecule has 2 aromatic rings. The van der Waals surface area contributed by atoms with Crippen LogP contribution in [0.25, 0.3) is 11.6 Å². The Bertz CT molecular complexity index is 911. The highest BCUT2D eigenvalue weighted by Gasteiger charge is 2.09. The molecule has 0 fully saturated rings. The number of benzene rings is 1. The lowest BCUT2D eigenvalue weighted by molar-refractivity contribution is 0.190. The fraction of sp³-hybridized carbons (Fsp3) is 0.235. The third-order valence-electron chi connectivity index (χ3n) is 3.17. The van der Waals surface area contributed by atoms with E-state index < -0.39 is 0 Å². The standard InChI is InChI=1S/C17H15N3O2S/c1-22-9-5-8-20-16(21)15(10-13-6-3-2-4-7-13)23-17(20)14(11-18)12-19/h2-4,6-7,10H,5,8-9H2,1H3. The Morgan fingerprint density at radius 2 is 2.00 bits per heavy atom. The van der Waals surface area contributed by atoms with Gasteiger partial charge in [0.2, 0.25) is 0 Å². The zero-order valence-corrected chi connectivity index (χ0v) is 13.5. The van der Waals surface area contributed by atoms with Crippen molar-refractivity contribution in [2.45, 2.75) is 13.0 Å². The van der Waals surface area contributed by atoms with Crippen molar-refractivity contribution in [2.24, 2.45) is 0 Å². The quantitative estimate of drug-likeness (QED) is 0.768. The monoisotopic (exact) mass is 325 g/mol. The van der Waals surface area contributed by atoms with Gasteiger partial charge in [0.1, 0.15) is 16.8 Å². The number of thiazole rings is 1. The molecule has 116 valence electrons. The first-order valence-electron chi connectivity index (χ1n) is 7.01. The van der Waals surface area contributed by atoms with Gasteiger partial charge in [-0.25, -0.2) is 0 Å². The Morgan fingerprint density at radius 1 is 1.30 bits per heavy atom. The second-order valence-electron chi connectivity index (χ2n) is 4.73. The Hall–Kier alpha value is -2.67. The Morgan fingerprint density at radius 3 is 2.61 bits per heavy atom. The van der Waals surface area contributed by atoms with Crippen LogP contribution in [-0.2, 0) is 11.3 Å². The van der Waals surface area contributed by atoms with Crippen molar-refractivity contribution >= 4 is 23.0 Å². The van der Waals surface area contributed by atoms with Crippen LogP contribution in [0.2, 0.25) is 0 Å². The largest absolute Gasteiger partial charge is 0.385 e. The minimum atomic E-state index is -0.187. The Labute approximate surface area is 137 Å². The lowest BCUT2D eigenvalue weighted by Gasteiger charge is -2.01. The highest BCUT2D eigenvalue weighted by atomic mass is 32.1. The van der Waals surface area contributed by atoms with Crippen molar-refractivity contribution < 1.29 is 4.74 Å². The molecule has 1 heterocycles. The average Bonchev–Trinajstić information content (AvgIpc) is 2.87. The molecule has 1 aromatic heterocycles. The molecule has 0 atom stereocenters. The Balaban J connectivity index is 2.65. The summed E-state index contributed by atoms with van der Waals surface area (Å²) < 4.78 is 7.40. The summed E-state index contributed by atoms with van der Waals surface area (Å²) in [5, 5.41) is 18.2. The molecule has 0 spiro atoms. The van der Waals surface area contributed by atoms with Crippen molar-refractivity contribution in [3.8, 4) is 12.1 Å². The van der Waals surface area contributed by atoms with Gasteiger partial charge in [-0.2, -0.15) is 10.5 Å². The number of methoxy groups -OCH3 is 1. The van der Waals surface area contributed by atoms with Gasteiger partial charge in [-0.05, 0) is 18.1 Å². The number of hydrogen-bond donors (Lipinski definition) is 0. The molecule has 0 aliphatic heterocycles. The van der Waals surface area contributed by atoms with Gasteiger partial charge in [-0.3, -0.25) is 9.36 Å². The molecule has 0 amide bonds. The van der Waals surface area contributed by atoms with Crippen LogP contribution in [-0.4, -0.2) is 18.3 Å². The van der Waals surface area contributed by atoms with Crippen LogP contribution < -0.4 is 14.8 Å². The van der Waals surface area contributed by atoms with Gasteiger partial charge < -0.3 is 4.74 Å². The fourth-order valence-corrected chi connectivity index (χ4v) is 3.18. The van der Waals surface area contributed by atoms with Crippen LogP contribution in [0, 0.1) is 22.7 Å². The predicted molar refractivity (Wildman–Crippen MR) is 89.0 cm³/mol. The molecular formula is C17H15N3O2S. The highest BCUT2D eigenvalue weighted by molar-refractivity contribution is 7.07. The van der Waals surface area contributed by atoms with E-state index in [0.717, 1.165) is 5.56 Å². The Kier molecular flexibility index (Phi) is 5.87. The highest BCUT2D eigenvalue weighted by Crippen LogP contribution is 1.99. The lowest BCUT2D eigenvalue weighted by Crippen LogP contribution is -2.32. The smallest absolute Gasteiger partial charge is 0.269 e. The maximum Gasteiger partial charge on any atom is 0.269 e. The van der Waals surface area contributed by atoms with Crippen LogP contribution in [0.1, 0.15) is 12.0 Å². The lowest BCUT2D eigenvalue weighted by atomic mass is 10.2. The molecule has 0 unspecified atom stereocenters. The van der Waals surface area contributed by atoms with Crippen LogP contribution in [0.5, 0.6) is 0 Å². The van der Waals surface area contributed by atoms with E-state index in [-0.39, 0.29) is 11.1 Å². The summed E-state index contributed by atoms with van der Waals surface area (Å²) in [5.41, 5.74) is 0.669. The molecule has 0 saturated heterocycles. The molecule has 23 heavy (non-hydrogen) atoms. The van der Waals surface area contributed by atoms with Crippen LogP contribution in [0.3, 0.4) is 0 Å². The molecule has 0 radical (unpaired) electrons. The first-order chi connectivity index (χ1) is 11.2. The predicted octanol–water partition coefficient (Wildman–Crippen LogP) is 0.973. The van der Waals surface area contributed by atoms with Gasteiger partial charge in [0, 0.05) is 20.3 Å². The van der Waals surface area contributed by atoms with E-state index in [1.807, 2.05) is 42.5 Å². The van der Waals surface area contributed by atoms with E-state index in [0.29, 0.717) is 28.8 Å². The summed E-state index contributed by atoms with van der Waals surface area (Å²) in [5.74, 6) is 0. The summed E-state index contributed by atoms with van der Waals surface area (Å²) in [4.78, 5) is 12.6. The minimum Gasteiger partial charge on any atom is -0.385 e. The van der Waals surface area contributed by atoms with Gasteiger partial charge in [-0.15, -0.1) is 11.3 Å². The van der Waals surface area contributed by atoms with E-state index in [1.165, 1.54) is 15.9 Å².